The number of nitrogens with zero attached hydrogens (tertiary/aromatic N) is 4. The van der Waals surface area contributed by atoms with E-state index in [1.54, 1.807) is 12.1 Å². The number of Topliss-reactive ketones (excluding diaryl/α,β-unsaturated/α-hetero) is 1. The summed E-state index contributed by atoms with van der Waals surface area (Å²) < 4.78 is 35.1. The summed E-state index contributed by atoms with van der Waals surface area (Å²) in [5, 5.41) is 0.633. The molecule has 0 aromatic carbocycles. The molecule has 8 nitrogen and oxygen atoms in total. The average molecular weight is 493 g/mol. The summed E-state index contributed by atoms with van der Waals surface area (Å²) >= 11 is 1.33. The summed E-state index contributed by atoms with van der Waals surface area (Å²) in [4.78, 5) is 19.5. The highest BCUT2D eigenvalue weighted by atomic mass is 32.2. The quantitative estimate of drug-likeness (QED) is 0.414. The van der Waals surface area contributed by atoms with Crippen molar-refractivity contribution >= 4 is 27.6 Å². The van der Waals surface area contributed by atoms with Gasteiger partial charge in [-0.1, -0.05) is 11.8 Å². The molecule has 2 saturated heterocycles. The normalized spacial score (nSPS) is 20.4. The maximum absolute atomic E-state index is 12.9. The molecule has 0 radical (unpaired) electrons. The van der Waals surface area contributed by atoms with E-state index in [4.69, 9.17) is 4.74 Å². The largest absolute Gasteiger partial charge is 0.376 e. The molecule has 10 heteroatoms. The molecule has 0 spiro atoms. The number of pyridine rings is 1. The van der Waals surface area contributed by atoms with Gasteiger partial charge in [-0.2, -0.15) is 4.31 Å². The van der Waals surface area contributed by atoms with Gasteiger partial charge in [0.05, 0.1) is 16.9 Å². The SMILES string of the molecule is Cc1cc(C(=O)CSc2ccc(S(=O)(=O)N3CCN(C)CC3)cn2)c(C)n1C[C@@H]1CCCO1. The Hall–Kier alpha value is -1.72. The van der Waals surface area contributed by atoms with Crippen LogP contribution in [0.25, 0.3) is 0 Å². The van der Waals surface area contributed by atoms with E-state index in [-0.39, 0.29) is 22.5 Å². The van der Waals surface area contributed by atoms with E-state index < -0.39 is 10.0 Å². The zero-order chi connectivity index (χ0) is 23.6. The van der Waals surface area contributed by atoms with Crippen molar-refractivity contribution in [3.8, 4) is 0 Å². The first-order valence-corrected chi connectivity index (χ1v) is 13.8. The summed E-state index contributed by atoms with van der Waals surface area (Å²) in [6, 6.07) is 5.22. The summed E-state index contributed by atoms with van der Waals surface area (Å²) in [5.41, 5.74) is 2.76. The Morgan fingerprint density at radius 2 is 1.97 bits per heavy atom. The van der Waals surface area contributed by atoms with Crippen LogP contribution in [0, 0.1) is 13.8 Å². The smallest absolute Gasteiger partial charge is 0.244 e. The van der Waals surface area contributed by atoms with Gasteiger partial charge in [0.2, 0.25) is 10.0 Å². The maximum Gasteiger partial charge on any atom is 0.244 e. The number of thioether (sulfide) groups is 1. The Bertz CT molecular complexity index is 1080. The first-order chi connectivity index (χ1) is 15.8. The van der Waals surface area contributed by atoms with Crippen molar-refractivity contribution in [3.63, 3.8) is 0 Å². The molecule has 4 rings (SSSR count). The van der Waals surface area contributed by atoms with Gasteiger partial charge in [0.1, 0.15) is 4.90 Å². The maximum atomic E-state index is 12.9. The standard InChI is InChI=1S/C23H32N4O4S2/c1-17-13-21(18(2)27(17)15-19-5-4-12-31-19)22(28)16-32-23-7-6-20(14-24-23)33(29,30)26-10-8-25(3)9-11-26/h6-7,13-14,19H,4-5,8-12,15-16H2,1-3H3/t19-/m0/s1. The predicted octanol–water partition coefficient (Wildman–Crippen LogP) is 2.59. The number of likely N-dealkylation sites (N-methyl/N-ethyl adjacent to an activating group) is 1. The molecule has 2 aromatic heterocycles. The molecule has 4 heterocycles. The zero-order valence-corrected chi connectivity index (χ0v) is 21.1. The predicted molar refractivity (Wildman–Crippen MR) is 128 cm³/mol. The third-order valence-corrected chi connectivity index (χ3v) is 9.27. The molecular formula is C23H32N4O4S2. The van der Waals surface area contributed by atoms with Gasteiger partial charge in [-0.15, -0.1) is 0 Å². The van der Waals surface area contributed by atoms with Crippen LogP contribution in [0.15, 0.2) is 34.3 Å². The first-order valence-electron chi connectivity index (χ1n) is 11.3. The van der Waals surface area contributed by atoms with Crippen molar-refractivity contribution in [2.24, 2.45) is 0 Å². The number of aromatic nitrogens is 2. The summed E-state index contributed by atoms with van der Waals surface area (Å²) in [5.74, 6) is 0.296. The molecule has 33 heavy (non-hydrogen) atoms. The van der Waals surface area contributed by atoms with Crippen LogP contribution in [0.2, 0.25) is 0 Å². The van der Waals surface area contributed by atoms with Crippen molar-refractivity contribution in [1.29, 1.82) is 0 Å². The zero-order valence-electron chi connectivity index (χ0n) is 19.5. The van der Waals surface area contributed by atoms with Crippen LogP contribution < -0.4 is 0 Å². The second-order valence-electron chi connectivity index (χ2n) is 8.78. The average Bonchev–Trinajstić information content (AvgIpc) is 3.42. The minimum atomic E-state index is -3.54. The van der Waals surface area contributed by atoms with Crippen LogP contribution in [0.4, 0.5) is 0 Å². The topological polar surface area (TPSA) is 84.7 Å². The molecule has 0 aliphatic carbocycles. The number of carbonyl (C=O) groups is 1. The number of sulfonamides is 1. The molecule has 0 bridgehead atoms. The lowest BCUT2D eigenvalue weighted by atomic mass is 10.2. The lowest BCUT2D eigenvalue weighted by molar-refractivity contribution is 0.0957. The van der Waals surface area contributed by atoms with Crippen molar-refractivity contribution in [3.05, 3.63) is 41.3 Å². The van der Waals surface area contributed by atoms with Crippen LogP contribution in [0.3, 0.4) is 0 Å². The van der Waals surface area contributed by atoms with Crippen LogP contribution in [-0.4, -0.2) is 84.6 Å². The minimum Gasteiger partial charge on any atom is -0.376 e. The van der Waals surface area contributed by atoms with Gasteiger partial charge in [0, 0.05) is 62.5 Å². The van der Waals surface area contributed by atoms with Crippen LogP contribution in [-0.2, 0) is 21.3 Å². The number of hydrogen-bond donors (Lipinski definition) is 0. The highest BCUT2D eigenvalue weighted by molar-refractivity contribution is 7.99. The summed E-state index contributed by atoms with van der Waals surface area (Å²) in [7, 11) is -1.55. The number of hydrogen-bond acceptors (Lipinski definition) is 7. The molecule has 0 unspecified atom stereocenters. The van der Waals surface area contributed by atoms with Gasteiger partial charge >= 0.3 is 0 Å². The molecule has 2 aliphatic rings. The fraction of sp³-hybridized carbons (Fsp3) is 0.565. The first kappa shape index (κ1) is 24.4. The Labute approximate surface area is 200 Å². The minimum absolute atomic E-state index is 0.0441. The van der Waals surface area contributed by atoms with E-state index in [9.17, 15) is 13.2 Å². The number of piperazine rings is 1. The van der Waals surface area contributed by atoms with Gasteiger partial charge in [-0.05, 0) is 51.9 Å². The number of aryl methyl sites for hydroxylation is 1. The van der Waals surface area contributed by atoms with E-state index >= 15 is 0 Å². The molecule has 1 atom stereocenters. The van der Waals surface area contributed by atoms with E-state index in [1.807, 2.05) is 27.0 Å². The number of ether oxygens (including phenoxy) is 1. The highest BCUT2D eigenvalue weighted by Gasteiger charge is 2.28. The molecule has 0 saturated carbocycles. The van der Waals surface area contributed by atoms with E-state index in [1.165, 1.54) is 22.3 Å². The van der Waals surface area contributed by atoms with Gasteiger partial charge in [0.25, 0.3) is 0 Å². The molecule has 2 fully saturated rings. The Kier molecular flexibility index (Phi) is 7.59. The van der Waals surface area contributed by atoms with Crippen LogP contribution in [0.1, 0.15) is 34.6 Å². The lowest BCUT2D eigenvalue weighted by Gasteiger charge is -2.31. The fourth-order valence-electron chi connectivity index (χ4n) is 4.36. The number of carbonyl (C=O) groups excluding carboxylic acids is 1. The van der Waals surface area contributed by atoms with E-state index in [0.717, 1.165) is 56.0 Å². The van der Waals surface area contributed by atoms with Crippen molar-refractivity contribution in [2.45, 2.75) is 49.3 Å². The molecule has 0 N–H and O–H groups in total. The van der Waals surface area contributed by atoms with Gasteiger partial charge in [-0.3, -0.25) is 4.79 Å². The Morgan fingerprint density at radius 3 is 2.61 bits per heavy atom. The summed E-state index contributed by atoms with van der Waals surface area (Å²) in [6.07, 6.45) is 3.77. The van der Waals surface area contributed by atoms with E-state index in [0.29, 0.717) is 18.1 Å². The molecule has 2 aromatic rings. The van der Waals surface area contributed by atoms with Gasteiger partial charge in [0.15, 0.2) is 5.78 Å². The second-order valence-corrected chi connectivity index (χ2v) is 11.7. The van der Waals surface area contributed by atoms with Crippen molar-refractivity contribution < 1.29 is 17.9 Å². The lowest BCUT2D eigenvalue weighted by Crippen LogP contribution is -2.47. The monoisotopic (exact) mass is 492 g/mol. The second kappa shape index (κ2) is 10.3. The van der Waals surface area contributed by atoms with Crippen molar-refractivity contribution in [1.82, 2.24) is 18.8 Å². The number of ketones is 1. The highest BCUT2D eigenvalue weighted by Crippen LogP contribution is 2.24. The van der Waals surface area contributed by atoms with Gasteiger partial charge in [-0.25, -0.2) is 13.4 Å². The fourth-order valence-corrected chi connectivity index (χ4v) is 6.45. The van der Waals surface area contributed by atoms with Crippen molar-refractivity contribution in [2.75, 3.05) is 45.6 Å². The molecule has 0 amide bonds. The Morgan fingerprint density at radius 1 is 1.21 bits per heavy atom. The molecular weight excluding hydrogens is 460 g/mol. The van der Waals surface area contributed by atoms with Gasteiger partial charge < -0.3 is 14.2 Å². The third kappa shape index (κ3) is 5.51. The van der Waals surface area contributed by atoms with Crippen LogP contribution >= 0.6 is 11.8 Å². The third-order valence-electron chi connectivity index (χ3n) is 6.44. The molecule has 2 aliphatic heterocycles. The number of rotatable bonds is 8. The molecule has 180 valence electrons. The summed E-state index contributed by atoms with van der Waals surface area (Å²) in [6.45, 7) is 8.00. The Balaban J connectivity index is 1.37. The van der Waals surface area contributed by atoms with E-state index in [2.05, 4.69) is 14.5 Å². The van der Waals surface area contributed by atoms with Crippen LogP contribution in [0.5, 0.6) is 0 Å².